The topological polar surface area (TPSA) is 0 Å². The molecule has 0 aliphatic heterocycles. The van der Waals surface area contributed by atoms with Gasteiger partial charge in [0.05, 0.1) is 0 Å². The summed E-state index contributed by atoms with van der Waals surface area (Å²) in [5.41, 5.74) is 2.74. The van der Waals surface area contributed by atoms with Crippen LogP contribution in [0.25, 0.3) is 21.5 Å². The summed E-state index contributed by atoms with van der Waals surface area (Å²) in [7, 11) is -0.493. The molecule has 178 valence electrons. The van der Waals surface area contributed by atoms with Crippen molar-refractivity contribution >= 4 is 45.4 Å². The number of benzene rings is 4. The predicted molar refractivity (Wildman–Crippen MR) is 147 cm³/mol. The van der Waals surface area contributed by atoms with Gasteiger partial charge in [0.1, 0.15) is 0 Å². The molecule has 0 fully saturated rings. The Balaban J connectivity index is 0.000000279. The summed E-state index contributed by atoms with van der Waals surface area (Å²) in [6.07, 6.45) is 0. The third-order valence-electron chi connectivity index (χ3n) is 6.14. The van der Waals surface area contributed by atoms with Crippen molar-refractivity contribution in [3.8, 4) is 0 Å². The normalized spacial score (nSPS) is 10.1. The van der Waals surface area contributed by atoms with Crippen molar-refractivity contribution in [2.45, 2.75) is 13.8 Å². The maximum atomic E-state index is 2.35. The van der Waals surface area contributed by atoms with Crippen molar-refractivity contribution in [1.82, 2.24) is 0 Å². The van der Waals surface area contributed by atoms with Crippen molar-refractivity contribution in [1.29, 1.82) is 0 Å². The second-order valence-corrected chi connectivity index (χ2v) is 10.6. The number of hydrogen-bond donors (Lipinski definition) is 0. The largest absolute Gasteiger partial charge is 4.00 e. The molecule has 0 N–H and O–H groups in total. The molecule has 0 spiro atoms. The van der Waals surface area contributed by atoms with Crippen LogP contribution in [-0.2, 0) is 21.7 Å². The van der Waals surface area contributed by atoms with E-state index in [9.17, 15) is 0 Å². The summed E-state index contributed by atoms with van der Waals surface area (Å²) in [4.78, 5) is 0. The van der Waals surface area contributed by atoms with Crippen molar-refractivity contribution in [2.75, 3.05) is 0 Å². The van der Waals surface area contributed by atoms with Gasteiger partial charge in [-0.05, 0) is 25.5 Å². The van der Waals surface area contributed by atoms with Crippen LogP contribution in [0.4, 0.5) is 0 Å². The zero-order chi connectivity index (χ0) is 22.6. The summed E-state index contributed by atoms with van der Waals surface area (Å²) in [6, 6.07) is 45.8. The van der Waals surface area contributed by atoms with Crippen LogP contribution < -0.4 is 40.7 Å². The Hall–Kier alpha value is -2.18. The minimum absolute atomic E-state index is 0. The van der Waals surface area contributed by atoms with Crippen LogP contribution in [0.2, 0.25) is 0 Å². The number of hydrogen-bond acceptors (Lipinski definition) is 0. The Bertz CT molecular complexity index is 1380. The Morgan fingerprint density at radius 3 is 1.75 bits per heavy atom. The molecule has 0 bridgehead atoms. The van der Waals surface area contributed by atoms with E-state index >= 15 is 0 Å². The maximum absolute atomic E-state index is 2.35. The molecule has 6 aromatic carbocycles. The van der Waals surface area contributed by atoms with Gasteiger partial charge in [0.2, 0.25) is 0 Å². The van der Waals surface area contributed by atoms with E-state index in [0.29, 0.717) is 0 Å². The Labute approximate surface area is 242 Å². The van der Waals surface area contributed by atoms with E-state index in [1.807, 2.05) is 0 Å². The number of aryl methyl sites for hydroxylation is 2. The van der Waals surface area contributed by atoms with Crippen LogP contribution in [0.3, 0.4) is 0 Å². The standard InChI is InChI=1S/C21H16P.C11H11.2ClH.Ti/c1-3-11-19(12-4-1)22(20-13-5-2-6-14-20)21-15-17-9-7-8-10-18(17)16-21;1-8-6-7-9(2)11-5-3-4-10(8)11;;;/h1-16H;3-7H,1-2H3;2*1H;/q2*-1;;;+4/p-2. The zero-order valence-corrected chi connectivity index (χ0v) is 24.3. The fourth-order valence-corrected chi connectivity index (χ4v) is 6.77. The summed E-state index contributed by atoms with van der Waals surface area (Å²) in [5.74, 6) is 0. The van der Waals surface area contributed by atoms with E-state index in [0.717, 1.165) is 0 Å². The van der Waals surface area contributed by atoms with Gasteiger partial charge in [0.15, 0.2) is 0 Å². The van der Waals surface area contributed by atoms with E-state index < -0.39 is 7.92 Å². The van der Waals surface area contributed by atoms with E-state index in [-0.39, 0.29) is 46.5 Å². The van der Waals surface area contributed by atoms with Crippen LogP contribution in [0, 0.1) is 13.8 Å². The molecule has 0 nitrogen and oxygen atoms in total. The smallest absolute Gasteiger partial charge is 1.00 e. The number of halogens is 2. The molecule has 0 atom stereocenters. The van der Waals surface area contributed by atoms with Gasteiger partial charge in [-0.3, -0.25) is 0 Å². The van der Waals surface area contributed by atoms with Crippen molar-refractivity contribution in [2.24, 2.45) is 0 Å². The summed E-state index contributed by atoms with van der Waals surface area (Å²) in [5, 5.41) is 9.68. The van der Waals surface area contributed by atoms with Gasteiger partial charge >= 0.3 is 21.7 Å². The third-order valence-corrected chi connectivity index (χ3v) is 8.54. The predicted octanol–water partition coefficient (Wildman–Crippen LogP) is 1.50. The fourth-order valence-electron chi connectivity index (χ4n) is 4.40. The van der Waals surface area contributed by atoms with Gasteiger partial charge in [-0.2, -0.15) is 18.2 Å². The molecule has 0 amide bonds. The molecule has 0 aliphatic carbocycles. The number of fused-ring (bicyclic) bond motifs is 2. The second-order valence-electron chi connectivity index (χ2n) is 8.40. The van der Waals surface area contributed by atoms with Gasteiger partial charge in [-0.25, -0.2) is 0 Å². The Morgan fingerprint density at radius 2 is 1.17 bits per heavy atom. The first-order chi connectivity index (χ1) is 16.2. The molecule has 0 saturated carbocycles. The SMILES string of the molecule is Cc1ccc(C)c2[cH-]ccc12.[Cl-].[Cl-].[Ti+4].c1ccc(P(c2ccccc2)c2cc3ccccc3[cH-]2)cc1. The summed E-state index contributed by atoms with van der Waals surface area (Å²) < 4.78 is 0. The quantitative estimate of drug-likeness (QED) is 0.175. The molecule has 4 heteroatoms. The molecule has 0 aliphatic rings. The molecule has 6 rings (SSSR count). The first-order valence-corrected chi connectivity index (χ1v) is 12.7. The first kappa shape index (κ1) is 30.1. The molecule has 0 aromatic heterocycles. The monoisotopic (exact) mass is 560 g/mol. The van der Waals surface area contributed by atoms with Gasteiger partial charge < -0.3 is 24.8 Å². The summed E-state index contributed by atoms with van der Waals surface area (Å²) >= 11 is 0. The number of rotatable bonds is 3. The molecule has 0 radical (unpaired) electrons. The van der Waals surface area contributed by atoms with Crippen LogP contribution in [0.1, 0.15) is 11.1 Å². The Kier molecular flexibility index (Phi) is 11.6. The minimum Gasteiger partial charge on any atom is -1.00 e. The van der Waals surface area contributed by atoms with Gasteiger partial charge in [0.25, 0.3) is 0 Å². The van der Waals surface area contributed by atoms with Crippen molar-refractivity contribution in [3.63, 3.8) is 0 Å². The average molecular weight is 561 g/mol. The molecule has 6 aromatic rings. The van der Waals surface area contributed by atoms with Crippen LogP contribution >= 0.6 is 7.92 Å². The van der Waals surface area contributed by atoms with Gasteiger partial charge in [-0.15, -0.1) is 68.8 Å². The fraction of sp³-hybridized carbons (Fsp3) is 0.0625. The molecule has 0 heterocycles. The van der Waals surface area contributed by atoms with E-state index in [4.69, 9.17) is 0 Å². The second kappa shape index (κ2) is 13.9. The maximum Gasteiger partial charge on any atom is 4.00 e. The zero-order valence-electron chi connectivity index (χ0n) is 20.3. The van der Waals surface area contributed by atoms with E-state index in [2.05, 4.69) is 141 Å². The first-order valence-electron chi connectivity index (χ1n) is 11.4. The molecular weight excluding hydrogens is 534 g/mol. The molecule has 0 unspecified atom stereocenters. The molecule has 36 heavy (non-hydrogen) atoms. The van der Waals surface area contributed by atoms with Crippen molar-refractivity contribution in [3.05, 3.63) is 139 Å². The molecule has 0 saturated heterocycles. The van der Waals surface area contributed by atoms with E-state index in [1.54, 1.807) is 0 Å². The van der Waals surface area contributed by atoms with Crippen LogP contribution in [-0.4, -0.2) is 0 Å². The van der Waals surface area contributed by atoms with Crippen LogP contribution in [0.5, 0.6) is 0 Å². The van der Waals surface area contributed by atoms with E-state index in [1.165, 1.54) is 48.6 Å². The Morgan fingerprint density at radius 1 is 0.611 bits per heavy atom. The van der Waals surface area contributed by atoms with Gasteiger partial charge in [0, 0.05) is 0 Å². The molecular formula is C32H27Cl2PTi. The minimum atomic E-state index is -0.493. The third kappa shape index (κ3) is 6.57. The average Bonchev–Trinajstić information content (AvgIpc) is 3.52. The van der Waals surface area contributed by atoms with Gasteiger partial charge in [-0.1, -0.05) is 85.3 Å². The summed E-state index contributed by atoms with van der Waals surface area (Å²) in [6.45, 7) is 4.31. The van der Waals surface area contributed by atoms with Crippen molar-refractivity contribution < 1.29 is 46.5 Å². The van der Waals surface area contributed by atoms with Crippen LogP contribution in [0.15, 0.2) is 127 Å².